The predicted octanol–water partition coefficient (Wildman–Crippen LogP) is 5.34. The van der Waals surface area contributed by atoms with Gasteiger partial charge in [0.05, 0.1) is 10.8 Å². The molecule has 0 atom stereocenters. The van der Waals surface area contributed by atoms with E-state index in [-0.39, 0.29) is 30.6 Å². The van der Waals surface area contributed by atoms with Crippen LogP contribution in [0.1, 0.15) is 115 Å². The number of hydroxylamine groups is 4. The van der Waals surface area contributed by atoms with Crippen molar-refractivity contribution in [3.05, 3.63) is 0 Å². The molecule has 0 aromatic carbocycles. The lowest BCUT2D eigenvalue weighted by atomic mass is 9.74. The summed E-state index contributed by atoms with van der Waals surface area (Å²) >= 11 is 0. The Morgan fingerprint density at radius 1 is 0.657 bits per heavy atom. The van der Waals surface area contributed by atoms with Crippen molar-refractivity contribution in [2.75, 3.05) is 0 Å². The van der Waals surface area contributed by atoms with E-state index in [2.05, 4.69) is 0 Å². The summed E-state index contributed by atoms with van der Waals surface area (Å²) in [5.74, 6) is -0.700. The zero-order valence-electron chi connectivity index (χ0n) is 24.1. The molecule has 0 radical (unpaired) electrons. The van der Waals surface area contributed by atoms with Crippen LogP contribution in [0.15, 0.2) is 0 Å². The number of carbonyl (C=O) groups is 2. The van der Waals surface area contributed by atoms with Crippen LogP contribution in [0.5, 0.6) is 0 Å². The monoisotopic (exact) mass is 498 g/mol. The van der Waals surface area contributed by atoms with Gasteiger partial charge in [0, 0.05) is 47.8 Å². The van der Waals surface area contributed by atoms with Crippen LogP contribution in [-0.2, 0) is 19.1 Å². The summed E-state index contributed by atoms with van der Waals surface area (Å²) in [6.45, 7) is 22.7. The molecule has 2 aliphatic heterocycles. The minimum absolute atomic E-state index is 0.273. The molecule has 0 aliphatic carbocycles. The smallest absolute Gasteiger partial charge is 0.311 e. The van der Waals surface area contributed by atoms with Gasteiger partial charge in [-0.15, -0.1) is 0 Å². The average Bonchev–Trinajstić information content (AvgIpc) is 2.62. The quantitative estimate of drug-likeness (QED) is 0.474. The number of rotatable bonds is 6. The normalized spacial score (nSPS) is 25.8. The Hall–Kier alpha value is -1.22. The van der Waals surface area contributed by atoms with Gasteiger partial charge < -0.3 is 19.9 Å². The highest BCUT2D eigenvalue weighted by molar-refractivity contribution is 5.80. The fraction of sp³-hybridized carbons (Fsp3) is 0.926. The maximum Gasteiger partial charge on any atom is 0.311 e. The molecule has 35 heavy (non-hydrogen) atoms. The molecule has 0 spiro atoms. The van der Waals surface area contributed by atoms with Crippen LogP contribution >= 0.6 is 0 Å². The number of hydrogen-bond donors (Lipinski definition) is 2. The van der Waals surface area contributed by atoms with Gasteiger partial charge >= 0.3 is 11.9 Å². The topological polar surface area (TPSA) is 99.5 Å². The fourth-order valence-corrected chi connectivity index (χ4v) is 6.40. The molecule has 2 fully saturated rings. The van der Waals surface area contributed by atoms with E-state index in [0.29, 0.717) is 25.7 Å². The number of carbonyl (C=O) groups excluding carboxylic acids is 2. The molecule has 2 N–H and O–H groups in total. The Morgan fingerprint density at radius 2 is 0.886 bits per heavy atom. The minimum atomic E-state index is -0.903. The molecule has 0 aromatic rings. The van der Waals surface area contributed by atoms with Crippen molar-refractivity contribution in [3.63, 3.8) is 0 Å². The molecule has 2 saturated heterocycles. The van der Waals surface area contributed by atoms with Crippen molar-refractivity contribution < 1.29 is 29.5 Å². The third-order valence-electron chi connectivity index (χ3n) is 7.74. The zero-order chi connectivity index (χ0) is 27.4. The lowest BCUT2D eigenvalue weighted by molar-refractivity contribution is -0.261. The van der Waals surface area contributed by atoms with Crippen molar-refractivity contribution in [1.29, 1.82) is 0 Å². The first kappa shape index (κ1) is 30.0. The van der Waals surface area contributed by atoms with Crippen molar-refractivity contribution in [2.45, 2.75) is 150 Å². The van der Waals surface area contributed by atoms with Gasteiger partial charge in [0.25, 0.3) is 0 Å². The molecule has 2 aliphatic rings. The summed E-state index contributed by atoms with van der Waals surface area (Å²) in [6, 6.07) is 0. The van der Waals surface area contributed by atoms with E-state index >= 15 is 0 Å². The third-order valence-corrected chi connectivity index (χ3v) is 7.74. The summed E-state index contributed by atoms with van der Waals surface area (Å²) in [6.07, 6.45) is 1.72. The van der Waals surface area contributed by atoms with Crippen molar-refractivity contribution in [2.24, 2.45) is 10.8 Å². The van der Waals surface area contributed by atoms with Gasteiger partial charge in [-0.3, -0.25) is 9.59 Å². The van der Waals surface area contributed by atoms with Gasteiger partial charge in [0.2, 0.25) is 0 Å². The average molecular weight is 499 g/mol. The van der Waals surface area contributed by atoms with Gasteiger partial charge in [-0.1, -0.05) is 0 Å². The molecule has 2 heterocycles. The van der Waals surface area contributed by atoms with Gasteiger partial charge in [0.1, 0.15) is 12.2 Å². The molecule has 0 unspecified atom stereocenters. The molecule has 204 valence electrons. The van der Waals surface area contributed by atoms with Crippen LogP contribution in [0.25, 0.3) is 0 Å². The first-order valence-corrected chi connectivity index (χ1v) is 12.8. The summed E-state index contributed by atoms with van der Waals surface area (Å²) in [5.41, 5.74) is -3.89. The SMILES string of the molecule is CC(C)(CC(C)(C)C(=O)OC1CC(C)(C)N(O)C(C)(C)C1)C(=O)OC1CC(C)(C)N(O)C(C)(C)C1. The second-order valence-corrected chi connectivity index (χ2v) is 14.7. The molecule has 0 bridgehead atoms. The fourth-order valence-electron chi connectivity index (χ4n) is 6.40. The Bertz CT molecular complexity index is 712. The second-order valence-electron chi connectivity index (χ2n) is 14.7. The van der Waals surface area contributed by atoms with E-state index in [1.54, 1.807) is 27.7 Å². The number of nitrogens with zero attached hydrogens (tertiary/aromatic N) is 2. The highest BCUT2D eigenvalue weighted by atomic mass is 16.6. The molecule has 0 aromatic heterocycles. The van der Waals surface area contributed by atoms with Gasteiger partial charge in [-0.2, -0.15) is 10.1 Å². The summed E-state index contributed by atoms with van der Waals surface area (Å²) in [5, 5.41) is 23.8. The lowest BCUT2D eigenvalue weighted by Crippen LogP contribution is -2.61. The second kappa shape index (κ2) is 9.26. The van der Waals surface area contributed by atoms with E-state index in [9.17, 15) is 20.0 Å². The maximum atomic E-state index is 13.2. The lowest BCUT2D eigenvalue weighted by Gasteiger charge is -2.51. The molecule has 2 rings (SSSR count). The van der Waals surface area contributed by atoms with Gasteiger partial charge in [-0.25, -0.2) is 0 Å². The number of piperidine rings is 2. The summed E-state index contributed by atoms with van der Waals surface area (Å²) in [7, 11) is 0. The predicted molar refractivity (Wildman–Crippen MR) is 134 cm³/mol. The molecule has 0 saturated carbocycles. The Morgan fingerprint density at radius 3 is 1.11 bits per heavy atom. The van der Waals surface area contributed by atoms with Crippen LogP contribution in [-0.4, -0.2) is 66.8 Å². The van der Waals surface area contributed by atoms with Gasteiger partial charge in [-0.05, 0) is 89.5 Å². The Balaban J connectivity index is 2.06. The molecule has 8 heteroatoms. The largest absolute Gasteiger partial charge is 0.462 e. The first-order valence-electron chi connectivity index (χ1n) is 12.8. The summed E-state index contributed by atoms with van der Waals surface area (Å²) < 4.78 is 11.9. The van der Waals surface area contributed by atoms with Crippen LogP contribution in [0.3, 0.4) is 0 Å². The Labute approximate surface area is 212 Å². The third kappa shape index (κ3) is 6.56. The van der Waals surface area contributed by atoms with Crippen LogP contribution < -0.4 is 0 Å². The van der Waals surface area contributed by atoms with E-state index in [1.165, 1.54) is 10.1 Å². The van der Waals surface area contributed by atoms with E-state index in [0.717, 1.165) is 0 Å². The Kier molecular flexibility index (Phi) is 7.94. The van der Waals surface area contributed by atoms with Crippen molar-refractivity contribution in [1.82, 2.24) is 10.1 Å². The zero-order valence-corrected chi connectivity index (χ0v) is 24.1. The van der Waals surface area contributed by atoms with Crippen LogP contribution in [0.4, 0.5) is 0 Å². The van der Waals surface area contributed by atoms with Crippen LogP contribution in [0, 0.1) is 10.8 Å². The number of esters is 2. The highest BCUT2D eigenvalue weighted by Crippen LogP contribution is 2.42. The van der Waals surface area contributed by atoms with E-state index < -0.39 is 33.0 Å². The number of ether oxygens (including phenoxy) is 2. The van der Waals surface area contributed by atoms with Crippen LogP contribution in [0.2, 0.25) is 0 Å². The van der Waals surface area contributed by atoms with Crippen molar-refractivity contribution >= 4 is 11.9 Å². The standard InChI is InChI=1S/C27H50N2O6/c1-22(2,20(30)34-18-13-24(5,6)28(32)25(7,8)14-18)17-23(3,4)21(31)35-19-15-26(9,10)29(33)27(11,12)16-19/h18-19,32-33H,13-17H2,1-12H3. The highest BCUT2D eigenvalue weighted by Gasteiger charge is 2.50. The molecule has 8 nitrogen and oxygen atoms in total. The maximum absolute atomic E-state index is 13.2. The molecular weight excluding hydrogens is 448 g/mol. The molecular formula is C27H50N2O6. The summed E-state index contributed by atoms with van der Waals surface area (Å²) in [4.78, 5) is 26.5. The van der Waals surface area contributed by atoms with Crippen molar-refractivity contribution in [3.8, 4) is 0 Å². The number of hydrogen-bond acceptors (Lipinski definition) is 8. The van der Waals surface area contributed by atoms with E-state index in [4.69, 9.17) is 9.47 Å². The minimum Gasteiger partial charge on any atom is -0.462 e. The first-order chi connectivity index (χ1) is 15.4. The van der Waals surface area contributed by atoms with E-state index in [1.807, 2.05) is 55.4 Å². The molecule has 0 amide bonds. The van der Waals surface area contributed by atoms with Gasteiger partial charge in [0.15, 0.2) is 0 Å².